The third kappa shape index (κ3) is 6.19. The first-order valence-corrected chi connectivity index (χ1v) is 13.2. The molecule has 3 aliphatic heterocycles. The molecule has 0 unspecified atom stereocenters. The number of benzene rings is 2. The maximum absolute atomic E-state index is 13.7. The molecule has 11 heteroatoms. The van der Waals surface area contributed by atoms with E-state index in [1.54, 1.807) is 40.1 Å². The number of anilines is 2. The average Bonchev–Trinajstić information content (AvgIpc) is 3.40. The molecule has 3 aliphatic rings. The first-order chi connectivity index (χ1) is 18.7. The molecule has 0 saturated carbocycles. The Labute approximate surface area is 228 Å². The van der Waals surface area contributed by atoms with Crippen LogP contribution in [0.4, 0.5) is 16.2 Å². The van der Waals surface area contributed by atoms with Gasteiger partial charge in [-0.05, 0) is 57.2 Å². The monoisotopic (exact) mass is 537 g/mol. The number of hydrogen-bond donors (Lipinski definition) is 2. The summed E-state index contributed by atoms with van der Waals surface area (Å²) in [4.78, 5) is 45.0. The van der Waals surface area contributed by atoms with Gasteiger partial charge in [0.05, 0.1) is 18.8 Å². The van der Waals surface area contributed by atoms with Crippen LogP contribution in [0, 0.1) is 0 Å². The minimum Gasteiger partial charge on any atom is -0.454 e. The minimum absolute atomic E-state index is 0.0895. The number of ether oxygens (including phenoxy) is 3. The molecule has 5 rings (SSSR count). The predicted octanol–water partition coefficient (Wildman–Crippen LogP) is 2.77. The lowest BCUT2D eigenvalue weighted by Gasteiger charge is -2.38. The number of piperazine rings is 1. The number of amides is 4. The summed E-state index contributed by atoms with van der Waals surface area (Å²) in [6.07, 6.45) is 0. The summed E-state index contributed by atoms with van der Waals surface area (Å²) in [5.74, 6) is 0.700. The lowest BCUT2D eigenvalue weighted by molar-refractivity contribution is 0.0303. The average molecular weight is 538 g/mol. The van der Waals surface area contributed by atoms with Crippen LogP contribution in [0.3, 0.4) is 0 Å². The number of nitrogens with zero attached hydrogens (tertiary/aromatic N) is 3. The van der Waals surface area contributed by atoms with Crippen LogP contribution in [0.15, 0.2) is 36.4 Å². The first-order valence-electron chi connectivity index (χ1n) is 13.2. The highest BCUT2D eigenvalue weighted by Crippen LogP contribution is 2.33. The van der Waals surface area contributed by atoms with Gasteiger partial charge in [0.15, 0.2) is 11.5 Å². The Kier molecular flexibility index (Phi) is 7.51. The Morgan fingerprint density at radius 3 is 2.26 bits per heavy atom. The molecule has 0 atom stereocenters. The normalized spacial score (nSPS) is 17.2. The van der Waals surface area contributed by atoms with Crippen molar-refractivity contribution in [3.63, 3.8) is 0 Å². The van der Waals surface area contributed by atoms with E-state index in [4.69, 9.17) is 14.2 Å². The van der Waals surface area contributed by atoms with Gasteiger partial charge in [-0.25, -0.2) is 4.79 Å². The van der Waals surface area contributed by atoms with Gasteiger partial charge in [0.1, 0.15) is 0 Å². The number of carbonyl (C=O) groups excluding carboxylic acids is 3. The van der Waals surface area contributed by atoms with E-state index < -0.39 is 0 Å². The van der Waals surface area contributed by atoms with Crippen LogP contribution in [0.5, 0.6) is 11.5 Å². The molecular formula is C28H35N5O6. The van der Waals surface area contributed by atoms with Crippen molar-refractivity contribution in [3.8, 4) is 11.5 Å². The number of nitrogens with one attached hydrogen (secondary N) is 2. The second-order valence-corrected chi connectivity index (χ2v) is 10.8. The van der Waals surface area contributed by atoms with Crippen molar-refractivity contribution >= 4 is 29.2 Å². The summed E-state index contributed by atoms with van der Waals surface area (Å²) < 4.78 is 16.2. The zero-order valence-electron chi connectivity index (χ0n) is 22.6. The van der Waals surface area contributed by atoms with Crippen LogP contribution in [0.25, 0.3) is 0 Å². The zero-order chi connectivity index (χ0) is 27.6. The largest absolute Gasteiger partial charge is 0.454 e. The van der Waals surface area contributed by atoms with E-state index >= 15 is 0 Å². The summed E-state index contributed by atoms with van der Waals surface area (Å²) in [7, 11) is 0. The molecule has 11 nitrogen and oxygen atoms in total. The number of morpholine rings is 1. The van der Waals surface area contributed by atoms with E-state index in [0.29, 0.717) is 80.8 Å². The highest BCUT2D eigenvalue weighted by atomic mass is 16.7. The van der Waals surface area contributed by atoms with Gasteiger partial charge in [-0.1, -0.05) is 0 Å². The van der Waals surface area contributed by atoms with Crippen molar-refractivity contribution in [2.75, 3.05) is 69.5 Å². The van der Waals surface area contributed by atoms with Crippen molar-refractivity contribution < 1.29 is 28.6 Å². The maximum Gasteiger partial charge on any atom is 0.317 e. The van der Waals surface area contributed by atoms with Gasteiger partial charge in [-0.15, -0.1) is 0 Å². The highest BCUT2D eigenvalue weighted by Gasteiger charge is 2.28. The van der Waals surface area contributed by atoms with E-state index in [1.807, 2.05) is 26.8 Å². The van der Waals surface area contributed by atoms with E-state index in [1.165, 1.54) is 0 Å². The quantitative estimate of drug-likeness (QED) is 0.617. The van der Waals surface area contributed by atoms with Crippen LogP contribution in [-0.2, 0) is 4.74 Å². The summed E-state index contributed by atoms with van der Waals surface area (Å²) >= 11 is 0. The highest BCUT2D eigenvalue weighted by molar-refractivity contribution is 6.06. The third-order valence-corrected chi connectivity index (χ3v) is 6.81. The lowest BCUT2D eigenvalue weighted by atomic mass is 10.1. The molecule has 2 N–H and O–H groups in total. The minimum atomic E-state index is -0.315. The van der Waals surface area contributed by atoms with Gasteiger partial charge in [-0.3, -0.25) is 9.59 Å². The second-order valence-electron chi connectivity index (χ2n) is 10.8. The van der Waals surface area contributed by atoms with Crippen LogP contribution >= 0.6 is 0 Å². The fourth-order valence-electron chi connectivity index (χ4n) is 4.79. The third-order valence-electron chi connectivity index (χ3n) is 6.81. The molecule has 0 aliphatic carbocycles. The molecule has 0 radical (unpaired) electrons. The van der Waals surface area contributed by atoms with Crippen LogP contribution in [0.1, 0.15) is 41.5 Å². The van der Waals surface area contributed by atoms with Gasteiger partial charge < -0.3 is 39.5 Å². The number of hydrogen-bond acceptors (Lipinski definition) is 7. The number of rotatable bonds is 4. The Morgan fingerprint density at radius 2 is 1.54 bits per heavy atom. The molecule has 0 bridgehead atoms. The van der Waals surface area contributed by atoms with E-state index in [-0.39, 0.29) is 30.2 Å². The molecule has 0 aromatic heterocycles. The molecule has 2 aromatic carbocycles. The van der Waals surface area contributed by atoms with Crippen LogP contribution < -0.4 is 25.0 Å². The smallest absolute Gasteiger partial charge is 0.317 e. The Balaban J connectivity index is 1.35. The Bertz CT molecular complexity index is 1250. The molecular weight excluding hydrogens is 502 g/mol. The molecule has 2 aromatic rings. The van der Waals surface area contributed by atoms with Gasteiger partial charge in [0.2, 0.25) is 6.79 Å². The summed E-state index contributed by atoms with van der Waals surface area (Å²) in [5, 5.41) is 5.92. The van der Waals surface area contributed by atoms with Crippen molar-refractivity contribution in [2.24, 2.45) is 0 Å². The van der Waals surface area contributed by atoms with Crippen molar-refractivity contribution in [3.05, 3.63) is 47.5 Å². The van der Waals surface area contributed by atoms with Crippen LogP contribution in [-0.4, -0.2) is 92.5 Å². The van der Waals surface area contributed by atoms with Crippen LogP contribution in [0.2, 0.25) is 0 Å². The van der Waals surface area contributed by atoms with E-state index in [0.717, 1.165) is 5.69 Å². The summed E-state index contributed by atoms with van der Waals surface area (Å²) in [6, 6.07) is 10.3. The molecule has 3 heterocycles. The molecule has 0 spiro atoms. The van der Waals surface area contributed by atoms with Crippen molar-refractivity contribution in [2.45, 2.75) is 26.3 Å². The molecule has 2 saturated heterocycles. The summed E-state index contributed by atoms with van der Waals surface area (Å²) in [6.45, 7) is 10.2. The molecule has 4 amide bonds. The summed E-state index contributed by atoms with van der Waals surface area (Å²) in [5.41, 5.74) is 1.92. The van der Waals surface area contributed by atoms with Crippen molar-refractivity contribution in [1.82, 2.24) is 15.1 Å². The Morgan fingerprint density at radius 1 is 0.821 bits per heavy atom. The van der Waals surface area contributed by atoms with Gasteiger partial charge in [-0.2, -0.15) is 0 Å². The lowest BCUT2D eigenvalue weighted by Crippen LogP contribution is -2.55. The first kappa shape index (κ1) is 26.6. The second kappa shape index (κ2) is 11.0. The predicted molar refractivity (Wildman–Crippen MR) is 146 cm³/mol. The standard InChI is InChI=1S/C28H35N5O6/c1-28(2,3)30-27(36)33-10-8-31(9-11-33)22-6-5-20(17-21(22)26(35)32-12-14-37-15-13-32)29-25(34)19-4-7-23-24(16-19)39-18-38-23/h4-7,16-17H,8-15,18H2,1-3H3,(H,29,34)(H,30,36). The number of urea groups is 1. The van der Waals surface area contributed by atoms with Crippen molar-refractivity contribution in [1.29, 1.82) is 0 Å². The Hall–Kier alpha value is -3.99. The number of fused-ring (bicyclic) bond motifs is 1. The fourth-order valence-corrected chi connectivity index (χ4v) is 4.79. The maximum atomic E-state index is 13.7. The molecule has 39 heavy (non-hydrogen) atoms. The molecule has 2 fully saturated rings. The van der Waals surface area contributed by atoms with Gasteiger partial charge in [0, 0.05) is 61.7 Å². The fraction of sp³-hybridized carbons (Fsp3) is 0.464. The SMILES string of the molecule is CC(C)(C)NC(=O)N1CCN(c2ccc(NC(=O)c3ccc4c(c3)OCO4)cc2C(=O)N2CCOCC2)CC1. The van der Waals surface area contributed by atoms with E-state index in [9.17, 15) is 14.4 Å². The zero-order valence-corrected chi connectivity index (χ0v) is 22.6. The van der Waals surface area contributed by atoms with Gasteiger partial charge >= 0.3 is 6.03 Å². The topological polar surface area (TPSA) is 113 Å². The number of carbonyl (C=O) groups is 3. The molecule has 208 valence electrons. The van der Waals surface area contributed by atoms with E-state index in [2.05, 4.69) is 15.5 Å². The van der Waals surface area contributed by atoms with Gasteiger partial charge in [0.25, 0.3) is 11.8 Å².